The molecule has 2 aromatic rings. The summed E-state index contributed by atoms with van der Waals surface area (Å²) < 4.78 is 45.1. The molecule has 15 heteroatoms. The van der Waals surface area contributed by atoms with E-state index in [0.29, 0.717) is 5.57 Å². The maximum atomic E-state index is 14.3. The van der Waals surface area contributed by atoms with E-state index in [1.165, 1.54) is 50.8 Å². The molecule has 2 saturated carbocycles. The van der Waals surface area contributed by atoms with Crippen molar-refractivity contribution in [3.63, 3.8) is 0 Å². The standard InChI is InChI=1S/C42H48N2O13/c1-21(2)29-14-15-30(53-35(48)22(3)4)42-33(29)40(9,57-39(42)52-25(7)46)38(55-37(50)28-13-11-17-44-20-28)41(56-26(8)47)18-23(5)32(31(41)34(42)51-24(6)45)54-36(49)27-12-10-16-43-19-27/h10-17,19-20,22-23,29-34,38-39H,1,18H2,2-9H3/t23-,29+,30+,31+,32-,33-,34+,38+,39+,40+,41+,42-/m0/s1. The van der Waals surface area contributed by atoms with Crippen LogP contribution in [-0.2, 0) is 52.3 Å². The van der Waals surface area contributed by atoms with Crippen molar-refractivity contribution in [2.24, 2.45) is 35.0 Å². The molecule has 2 aromatic heterocycles. The Morgan fingerprint density at radius 2 is 1.42 bits per heavy atom. The van der Waals surface area contributed by atoms with E-state index in [9.17, 15) is 28.8 Å². The van der Waals surface area contributed by atoms with Crippen LogP contribution in [0.3, 0.4) is 0 Å². The van der Waals surface area contributed by atoms with Crippen LogP contribution < -0.4 is 0 Å². The third kappa shape index (κ3) is 6.99. The van der Waals surface area contributed by atoms with Crippen LogP contribution in [0.2, 0.25) is 0 Å². The summed E-state index contributed by atoms with van der Waals surface area (Å²) in [5.41, 5.74) is -4.96. The fourth-order valence-corrected chi connectivity index (χ4v) is 9.77. The first-order valence-electron chi connectivity index (χ1n) is 18.9. The third-order valence-electron chi connectivity index (χ3n) is 11.6. The van der Waals surface area contributed by atoms with Gasteiger partial charge in [0.05, 0.1) is 23.0 Å². The van der Waals surface area contributed by atoms with Crippen LogP contribution in [-0.4, -0.2) is 87.7 Å². The van der Waals surface area contributed by atoms with Crippen LogP contribution in [0.1, 0.15) is 82.5 Å². The van der Waals surface area contributed by atoms with Crippen LogP contribution >= 0.6 is 0 Å². The number of nitrogens with zero attached hydrogens (tertiary/aromatic N) is 2. The Bertz CT molecular complexity index is 1970. The summed E-state index contributed by atoms with van der Waals surface area (Å²) in [5.74, 6) is -9.18. The molecule has 0 radical (unpaired) electrons. The SMILES string of the molecule is C=C(C)[C@H]1C=C[C@@H](OC(=O)C(C)C)[C@@]23[C@H](OC(C)=O)O[C@@](C)([C@@H](OC(=O)c4cccnc4)[C@@]4(OC(C)=O)C[C@H](C)[C@H](OC(=O)c5cccnc5)[C@@H]4[C@H]2OC(C)=O)[C@H]13. The van der Waals surface area contributed by atoms with Gasteiger partial charge in [0.2, 0.25) is 6.29 Å². The van der Waals surface area contributed by atoms with Gasteiger partial charge in [0.25, 0.3) is 0 Å². The smallest absolute Gasteiger partial charge is 0.340 e. The molecule has 12 atom stereocenters. The molecule has 304 valence electrons. The third-order valence-corrected chi connectivity index (χ3v) is 11.6. The minimum absolute atomic E-state index is 0.0477. The van der Waals surface area contributed by atoms with Crippen molar-refractivity contribution in [3.8, 4) is 0 Å². The van der Waals surface area contributed by atoms with E-state index in [2.05, 4.69) is 16.5 Å². The van der Waals surface area contributed by atoms with E-state index in [4.69, 9.17) is 33.2 Å². The molecule has 0 spiro atoms. The summed E-state index contributed by atoms with van der Waals surface area (Å²) in [5, 5.41) is 0. The number of fused-ring (bicyclic) bond motifs is 1. The van der Waals surface area contributed by atoms with Crippen LogP contribution in [0.5, 0.6) is 0 Å². The molecule has 3 aliphatic carbocycles. The number of allylic oxidation sites excluding steroid dienone is 2. The number of esters is 6. The summed E-state index contributed by atoms with van der Waals surface area (Å²) >= 11 is 0. The lowest BCUT2D eigenvalue weighted by Gasteiger charge is -2.52. The van der Waals surface area contributed by atoms with Gasteiger partial charge in [-0.2, -0.15) is 0 Å². The number of ether oxygens (including phenoxy) is 7. The van der Waals surface area contributed by atoms with Crippen molar-refractivity contribution in [1.82, 2.24) is 9.97 Å². The molecule has 2 bridgehead atoms. The van der Waals surface area contributed by atoms with E-state index in [0.717, 1.165) is 6.92 Å². The Kier molecular flexibility index (Phi) is 11.2. The molecule has 0 amide bonds. The predicted octanol–water partition coefficient (Wildman–Crippen LogP) is 4.74. The largest absolute Gasteiger partial charge is 0.461 e. The van der Waals surface area contributed by atoms with Gasteiger partial charge in [-0.25, -0.2) is 9.59 Å². The van der Waals surface area contributed by atoms with Gasteiger partial charge in [0.15, 0.2) is 11.7 Å². The molecule has 4 aliphatic rings. The van der Waals surface area contributed by atoms with Crippen LogP contribution in [0.15, 0.2) is 73.4 Å². The minimum Gasteiger partial charge on any atom is -0.461 e. The number of pyridine rings is 2. The molecule has 6 rings (SSSR count). The lowest BCUT2D eigenvalue weighted by Crippen LogP contribution is -2.66. The Labute approximate surface area is 330 Å². The normalized spacial score (nSPS) is 34.8. The van der Waals surface area contributed by atoms with Crippen LogP contribution in [0.4, 0.5) is 0 Å². The van der Waals surface area contributed by atoms with E-state index >= 15 is 0 Å². The highest BCUT2D eigenvalue weighted by Crippen LogP contribution is 2.71. The fourth-order valence-electron chi connectivity index (χ4n) is 9.77. The zero-order valence-corrected chi connectivity index (χ0v) is 33.2. The first-order valence-corrected chi connectivity index (χ1v) is 18.9. The zero-order valence-electron chi connectivity index (χ0n) is 33.2. The quantitative estimate of drug-likeness (QED) is 0.182. The van der Waals surface area contributed by atoms with E-state index in [1.807, 2.05) is 0 Å². The molecular weight excluding hydrogens is 740 g/mol. The second-order valence-corrected chi connectivity index (χ2v) is 15.9. The molecule has 0 N–H and O–H groups in total. The van der Waals surface area contributed by atoms with Gasteiger partial charge < -0.3 is 33.2 Å². The zero-order chi connectivity index (χ0) is 41.6. The number of aromatic nitrogens is 2. The molecule has 1 aliphatic heterocycles. The topological polar surface area (TPSA) is 193 Å². The number of hydrogen-bond acceptors (Lipinski definition) is 15. The van der Waals surface area contributed by atoms with Gasteiger partial charge in [-0.3, -0.25) is 29.1 Å². The molecule has 57 heavy (non-hydrogen) atoms. The molecule has 3 heterocycles. The maximum Gasteiger partial charge on any atom is 0.340 e. The van der Waals surface area contributed by atoms with Crippen molar-refractivity contribution in [1.29, 1.82) is 0 Å². The molecule has 3 fully saturated rings. The maximum absolute atomic E-state index is 14.3. The molecule has 15 nitrogen and oxygen atoms in total. The monoisotopic (exact) mass is 788 g/mol. The highest BCUT2D eigenvalue weighted by Gasteiger charge is 2.85. The van der Waals surface area contributed by atoms with Crippen molar-refractivity contribution in [2.75, 3.05) is 0 Å². The van der Waals surface area contributed by atoms with Gasteiger partial charge in [0.1, 0.15) is 29.3 Å². The van der Waals surface area contributed by atoms with Crippen LogP contribution in [0.25, 0.3) is 0 Å². The summed E-state index contributed by atoms with van der Waals surface area (Å²) in [4.78, 5) is 90.4. The first kappa shape index (κ1) is 41.2. The Morgan fingerprint density at radius 3 is 1.93 bits per heavy atom. The molecule has 0 aromatic carbocycles. The summed E-state index contributed by atoms with van der Waals surface area (Å²) in [6.45, 7) is 16.2. The van der Waals surface area contributed by atoms with Gasteiger partial charge in [-0.05, 0) is 56.5 Å². The number of hydrogen-bond donors (Lipinski definition) is 0. The molecule has 1 saturated heterocycles. The average molecular weight is 789 g/mol. The van der Waals surface area contributed by atoms with E-state index in [1.54, 1.807) is 58.9 Å². The van der Waals surface area contributed by atoms with Crippen molar-refractivity contribution < 1.29 is 61.9 Å². The van der Waals surface area contributed by atoms with Crippen LogP contribution in [0, 0.1) is 35.0 Å². The number of rotatable bonds is 10. The summed E-state index contributed by atoms with van der Waals surface area (Å²) in [6.07, 6.45) is 1.42. The van der Waals surface area contributed by atoms with Gasteiger partial charge in [-0.15, -0.1) is 0 Å². The van der Waals surface area contributed by atoms with Gasteiger partial charge >= 0.3 is 35.8 Å². The predicted molar refractivity (Wildman–Crippen MR) is 197 cm³/mol. The van der Waals surface area contributed by atoms with Crippen molar-refractivity contribution in [3.05, 3.63) is 84.5 Å². The second kappa shape index (κ2) is 15.5. The lowest BCUT2D eigenvalue weighted by molar-refractivity contribution is -0.286. The fraction of sp³-hybridized carbons (Fsp3) is 0.524. The number of carbonyl (C=O) groups excluding carboxylic acids is 6. The highest BCUT2D eigenvalue weighted by molar-refractivity contribution is 5.90. The molecule has 0 unspecified atom stereocenters. The summed E-state index contributed by atoms with van der Waals surface area (Å²) in [6, 6.07) is 6.10. The summed E-state index contributed by atoms with van der Waals surface area (Å²) in [7, 11) is 0. The Balaban J connectivity index is 1.74. The number of carbonyl (C=O) groups is 6. The van der Waals surface area contributed by atoms with Gasteiger partial charge in [0, 0.05) is 57.4 Å². The van der Waals surface area contributed by atoms with E-state index in [-0.39, 0.29) is 17.5 Å². The lowest BCUT2D eigenvalue weighted by atomic mass is 9.54. The second-order valence-electron chi connectivity index (χ2n) is 15.9. The highest BCUT2D eigenvalue weighted by atomic mass is 16.7. The molecular formula is C42H48N2O13. The van der Waals surface area contributed by atoms with Crippen molar-refractivity contribution in [2.45, 2.75) is 104 Å². The Morgan fingerprint density at radius 1 is 0.825 bits per heavy atom. The van der Waals surface area contributed by atoms with Crippen molar-refractivity contribution >= 4 is 35.8 Å². The Hall–Kier alpha value is -5.44. The van der Waals surface area contributed by atoms with E-state index < -0.39 is 113 Å². The van der Waals surface area contributed by atoms with Gasteiger partial charge in [-0.1, -0.05) is 39.0 Å². The first-order chi connectivity index (χ1) is 26.9. The minimum atomic E-state index is -1.98. The average Bonchev–Trinajstić information content (AvgIpc) is 3.54.